The molecule has 1 aromatic carbocycles. The van der Waals surface area contributed by atoms with Crippen molar-refractivity contribution in [1.29, 1.82) is 0 Å². The monoisotopic (exact) mass is 272 g/mol. The van der Waals surface area contributed by atoms with Gasteiger partial charge in [0.05, 0.1) is 5.52 Å². The molecule has 0 fully saturated rings. The van der Waals surface area contributed by atoms with Gasteiger partial charge in [0.1, 0.15) is 5.82 Å². The normalized spacial score (nSPS) is 11.1. The molecule has 0 aliphatic rings. The molecule has 108 valence electrons. The molecule has 0 saturated carbocycles. The third-order valence-electron chi connectivity index (χ3n) is 3.18. The second kappa shape index (κ2) is 6.55. The number of rotatable bonds is 6. The zero-order valence-electron chi connectivity index (χ0n) is 12.8. The second-order valence-electron chi connectivity index (χ2n) is 5.35. The topological polar surface area (TPSA) is 41.1 Å². The van der Waals surface area contributed by atoms with Crippen molar-refractivity contribution >= 4 is 22.7 Å². The Morgan fingerprint density at radius 1 is 1.15 bits per heavy atom. The van der Waals surface area contributed by atoms with E-state index in [9.17, 15) is 0 Å². The van der Waals surface area contributed by atoms with Crippen molar-refractivity contribution in [1.82, 2.24) is 9.97 Å². The standard InChI is InChI=1S/C16H24N4/c1-5-17-16-18-14-10-8-7-9-13(14)15(19-16)20(6-2)11-12(3)4/h7-10,12H,5-6,11H2,1-4H3,(H,17,18,19). The van der Waals surface area contributed by atoms with Gasteiger partial charge in [-0.3, -0.25) is 0 Å². The molecule has 0 amide bonds. The van der Waals surface area contributed by atoms with Crippen LogP contribution in [-0.4, -0.2) is 29.6 Å². The van der Waals surface area contributed by atoms with Crippen molar-refractivity contribution < 1.29 is 0 Å². The van der Waals surface area contributed by atoms with Crippen molar-refractivity contribution in [2.45, 2.75) is 27.7 Å². The van der Waals surface area contributed by atoms with Crippen LogP contribution >= 0.6 is 0 Å². The molecular formula is C16H24N4. The van der Waals surface area contributed by atoms with E-state index in [2.05, 4.69) is 49.0 Å². The van der Waals surface area contributed by atoms with Crippen LogP contribution in [0.5, 0.6) is 0 Å². The first-order chi connectivity index (χ1) is 9.65. The largest absolute Gasteiger partial charge is 0.356 e. The Morgan fingerprint density at radius 3 is 2.55 bits per heavy atom. The lowest BCUT2D eigenvalue weighted by Gasteiger charge is -2.25. The van der Waals surface area contributed by atoms with Crippen molar-refractivity contribution in [3.8, 4) is 0 Å². The molecule has 0 unspecified atom stereocenters. The zero-order valence-corrected chi connectivity index (χ0v) is 12.8. The molecular weight excluding hydrogens is 248 g/mol. The maximum Gasteiger partial charge on any atom is 0.225 e. The van der Waals surface area contributed by atoms with E-state index < -0.39 is 0 Å². The summed E-state index contributed by atoms with van der Waals surface area (Å²) in [5, 5.41) is 4.35. The summed E-state index contributed by atoms with van der Waals surface area (Å²) in [6.07, 6.45) is 0. The van der Waals surface area contributed by atoms with Crippen LogP contribution in [0.1, 0.15) is 27.7 Å². The first kappa shape index (κ1) is 14.6. The molecule has 0 spiro atoms. The molecule has 1 aromatic heterocycles. The number of para-hydroxylation sites is 1. The summed E-state index contributed by atoms with van der Waals surface area (Å²) in [6, 6.07) is 8.22. The van der Waals surface area contributed by atoms with Crippen LogP contribution in [-0.2, 0) is 0 Å². The SMILES string of the molecule is CCNc1nc(N(CC)CC(C)C)c2ccccc2n1. The lowest BCUT2D eigenvalue weighted by Crippen LogP contribution is -2.28. The fraction of sp³-hybridized carbons (Fsp3) is 0.500. The molecule has 0 aliphatic heterocycles. The third-order valence-corrected chi connectivity index (χ3v) is 3.18. The van der Waals surface area contributed by atoms with Gasteiger partial charge in [0.2, 0.25) is 5.95 Å². The van der Waals surface area contributed by atoms with Gasteiger partial charge in [-0.15, -0.1) is 0 Å². The Balaban J connectivity index is 2.52. The minimum absolute atomic E-state index is 0.603. The highest BCUT2D eigenvalue weighted by Gasteiger charge is 2.14. The molecule has 0 radical (unpaired) electrons. The highest BCUT2D eigenvalue weighted by atomic mass is 15.2. The van der Waals surface area contributed by atoms with Crippen LogP contribution < -0.4 is 10.2 Å². The first-order valence-corrected chi connectivity index (χ1v) is 7.41. The Morgan fingerprint density at radius 2 is 1.90 bits per heavy atom. The van der Waals surface area contributed by atoms with Crippen molar-refractivity contribution in [2.24, 2.45) is 5.92 Å². The van der Waals surface area contributed by atoms with E-state index in [1.807, 2.05) is 18.2 Å². The average Bonchev–Trinajstić information content (AvgIpc) is 2.44. The van der Waals surface area contributed by atoms with Gasteiger partial charge in [-0.2, -0.15) is 4.98 Å². The summed E-state index contributed by atoms with van der Waals surface area (Å²) < 4.78 is 0. The highest BCUT2D eigenvalue weighted by molar-refractivity contribution is 5.90. The molecule has 4 heteroatoms. The van der Waals surface area contributed by atoms with E-state index in [1.54, 1.807) is 0 Å². The predicted octanol–water partition coefficient (Wildman–Crippen LogP) is 3.54. The van der Waals surface area contributed by atoms with E-state index >= 15 is 0 Å². The van der Waals surface area contributed by atoms with Gasteiger partial charge in [0.15, 0.2) is 0 Å². The fourth-order valence-electron chi connectivity index (χ4n) is 2.34. The van der Waals surface area contributed by atoms with Crippen LogP contribution in [0.25, 0.3) is 10.9 Å². The van der Waals surface area contributed by atoms with Gasteiger partial charge in [-0.1, -0.05) is 26.0 Å². The summed E-state index contributed by atoms with van der Waals surface area (Å²) in [6.45, 7) is 11.5. The van der Waals surface area contributed by atoms with E-state index in [4.69, 9.17) is 4.98 Å². The lowest BCUT2D eigenvalue weighted by molar-refractivity contribution is 0.615. The van der Waals surface area contributed by atoms with Crippen molar-refractivity contribution in [3.05, 3.63) is 24.3 Å². The summed E-state index contributed by atoms with van der Waals surface area (Å²) in [4.78, 5) is 11.6. The van der Waals surface area contributed by atoms with Gasteiger partial charge in [-0.05, 0) is 31.9 Å². The number of fused-ring (bicyclic) bond motifs is 1. The molecule has 2 rings (SSSR count). The Labute approximate surface area is 121 Å². The summed E-state index contributed by atoms with van der Waals surface area (Å²) in [5.74, 6) is 2.34. The average molecular weight is 272 g/mol. The van der Waals surface area contributed by atoms with Gasteiger partial charge in [0.25, 0.3) is 0 Å². The lowest BCUT2D eigenvalue weighted by atomic mass is 10.2. The summed E-state index contributed by atoms with van der Waals surface area (Å²) >= 11 is 0. The minimum atomic E-state index is 0.603. The van der Waals surface area contributed by atoms with Crippen LogP contribution in [0.2, 0.25) is 0 Å². The molecule has 2 aromatic rings. The number of anilines is 2. The minimum Gasteiger partial charge on any atom is -0.356 e. The number of aromatic nitrogens is 2. The van der Waals surface area contributed by atoms with Crippen molar-refractivity contribution in [3.63, 3.8) is 0 Å². The van der Waals surface area contributed by atoms with Crippen LogP contribution in [0.15, 0.2) is 24.3 Å². The molecule has 0 atom stereocenters. The fourth-order valence-corrected chi connectivity index (χ4v) is 2.34. The molecule has 4 nitrogen and oxygen atoms in total. The molecule has 1 N–H and O–H groups in total. The number of benzene rings is 1. The van der Waals surface area contributed by atoms with Gasteiger partial charge < -0.3 is 10.2 Å². The molecule has 1 heterocycles. The second-order valence-corrected chi connectivity index (χ2v) is 5.35. The van der Waals surface area contributed by atoms with Gasteiger partial charge in [0, 0.05) is 25.0 Å². The third kappa shape index (κ3) is 3.18. The summed E-state index contributed by atoms with van der Waals surface area (Å²) in [5.41, 5.74) is 0.996. The van der Waals surface area contributed by atoms with Crippen molar-refractivity contribution in [2.75, 3.05) is 29.9 Å². The molecule has 0 saturated heterocycles. The quantitative estimate of drug-likeness (QED) is 0.873. The predicted molar refractivity (Wildman–Crippen MR) is 86.4 cm³/mol. The Kier molecular flexibility index (Phi) is 4.77. The maximum atomic E-state index is 4.72. The number of hydrogen-bond acceptors (Lipinski definition) is 4. The number of nitrogens with one attached hydrogen (secondary N) is 1. The number of hydrogen-bond donors (Lipinski definition) is 1. The molecule has 20 heavy (non-hydrogen) atoms. The highest BCUT2D eigenvalue weighted by Crippen LogP contribution is 2.25. The van der Waals surface area contributed by atoms with Crippen LogP contribution in [0.3, 0.4) is 0 Å². The number of nitrogens with zero attached hydrogens (tertiary/aromatic N) is 3. The Hall–Kier alpha value is -1.84. The first-order valence-electron chi connectivity index (χ1n) is 7.41. The summed E-state index contributed by atoms with van der Waals surface area (Å²) in [7, 11) is 0. The van der Waals surface area contributed by atoms with E-state index in [0.717, 1.165) is 36.4 Å². The van der Waals surface area contributed by atoms with E-state index in [1.165, 1.54) is 0 Å². The van der Waals surface area contributed by atoms with E-state index in [-0.39, 0.29) is 0 Å². The molecule has 0 bridgehead atoms. The molecule has 0 aliphatic carbocycles. The van der Waals surface area contributed by atoms with Gasteiger partial charge >= 0.3 is 0 Å². The van der Waals surface area contributed by atoms with Crippen LogP contribution in [0.4, 0.5) is 11.8 Å². The van der Waals surface area contributed by atoms with Crippen LogP contribution in [0, 0.1) is 5.92 Å². The maximum absolute atomic E-state index is 4.72. The smallest absolute Gasteiger partial charge is 0.225 e. The zero-order chi connectivity index (χ0) is 14.5. The Bertz CT molecular complexity index is 565. The van der Waals surface area contributed by atoms with Gasteiger partial charge in [-0.25, -0.2) is 4.98 Å². The van der Waals surface area contributed by atoms with E-state index in [0.29, 0.717) is 11.9 Å².